The summed E-state index contributed by atoms with van der Waals surface area (Å²) in [5.74, 6) is -3.23. The molecule has 1 saturated heterocycles. The largest absolute Gasteiger partial charge is 0.481 e. The minimum absolute atomic E-state index is 0.0557. The molecular weight excluding hydrogens is 284 g/mol. The van der Waals surface area contributed by atoms with Gasteiger partial charge in [0.2, 0.25) is 0 Å². The Kier molecular flexibility index (Phi) is 6.53. The Balaban J connectivity index is 2.42. The van der Waals surface area contributed by atoms with Gasteiger partial charge in [-0.1, -0.05) is 0 Å². The van der Waals surface area contributed by atoms with Crippen LogP contribution < -0.4 is 5.32 Å². The molecule has 0 aromatic carbocycles. The van der Waals surface area contributed by atoms with Crippen LogP contribution in [0, 0.1) is 0 Å². The highest BCUT2D eigenvalue weighted by molar-refractivity contribution is 5.75. The minimum atomic E-state index is -1.27. The molecule has 9 nitrogen and oxygen atoms in total. The molecule has 0 aromatic rings. The number of nitrogens with zero attached hydrogens (tertiary/aromatic N) is 1. The third-order valence-electron chi connectivity index (χ3n) is 3.42. The molecule has 0 spiro atoms. The number of carboxylic acids is 3. The second kappa shape index (κ2) is 7.91. The summed E-state index contributed by atoms with van der Waals surface area (Å²) in [7, 11) is 0. The second-order valence-electron chi connectivity index (χ2n) is 4.97. The molecule has 3 atom stereocenters. The standard InChI is InChI=1S/C12H20N2O7/c15-8(6-14-5-3-7(14)11(18)19)10(12(20)21)13-4-1-2-9(16)17/h7-8,10,13,15H,1-6H2,(H,16,17)(H,18,19)(H,20,21). The van der Waals surface area contributed by atoms with Crippen molar-refractivity contribution in [2.45, 2.75) is 37.5 Å². The first-order valence-electron chi connectivity index (χ1n) is 6.66. The zero-order chi connectivity index (χ0) is 16.0. The number of β-amino-alcohol motifs (C(OH)–C–C–N with tert-alkyl or cyclic N) is 1. The average molecular weight is 304 g/mol. The molecule has 21 heavy (non-hydrogen) atoms. The fourth-order valence-corrected chi connectivity index (χ4v) is 2.17. The number of likely N-dealkylation sites (tertiary alicyclic amines) is 1. The van der Waals surface area contributed by atoms with E-state index in [9.17, 15) is 19.5 Å². The van der Waals surface area contributed by atoms with Crippen molar-refractivity contribution in [3.05, 3.63) is 0 Å². The van der Waals surface area contributed by atoms with Crippen molar-refractivity contribution >= 4 is 17.9 Å². The first-order valence-corrected chi connectivity index (χ1v) is 6.66. The number of hydrogen-bond acceptors (Lipinski definition) is 6. The van der Waals surface area contributed by atoms with Crippen molar-refractivity contribution in [1.29, 1.82) is 0 Å². The van der Waals surface area contributed by atoms with E-state index in [0.717, 1.165) is 0 Å². The fourth-order valence-electron chi connectivity index (χ4n) is 2.17. The van der Waals surface area contributed by atoms with Gasteiger partial charge in [0.1, 0.15) is 12.1 Å². The quantitative estimate of drug-likeness (QED) is 0.301. The molecule has 0 radical (unpaired) electrons. The first kappa shape index (κ1) is 17.3. The summed E-state index contributed by atoms with van der Waals surface area (Å²) in [6.07, 6.45) is -0.642. The van der Waals surface area contributed by atoms with Crippen LogP contribution in [0.25, 0.3) is 0 Å². The lowest BCUT2D eigenvalue weighted by Gasteiger charge is -2.39. The summed E-state index contributed by atoms with van der Waals surface area (Å²) in [5.41, 5.74) is 0. The zero-order valence-corrected chi connectivity index (χ0v) is 11.4. The van der Waals surface area contributed by atoms with Crippen molar-refractivity contribution in [2.75, 3.05) is 19.6 Å². The Bertz CT molecular complexity index is 401. The molecule has 0 aromatic heterocycles. The molecule has 1 fully saturated rings. The third-order valence-corrected chi connectivity index (χ3v) is 3.42. The fraction of sp³-hybridized carbons (Fsp3) is 0.750. The molecular formula is C12H20N2O7. The zero-order valence-electron chi connectivity index (χ0n) is 11.4. The SMILES string of the molecule is O=C(O)CCCNC(C(=O)O)C(O)CN1CCC1C(=O)O. The smallest absolute Gasteiger partial charge is 0.323 e. The Hall–Kier alpha value is -1.71. The van der Waals surface area contributed by atoms with Gasteiger partial charge in [0.25, 0.3) is 0 Å². The van der Waals surface area contributed by atoms with Crippen LogP contribution >= 0.6 is 0 Å². The van der Waals surface area contributed by atoms with Crippen molar-refractivity contribution in [3.8, 4) is 0 Å². The van der Waals surface area contributed by atoms with Crippen molar-refractivity contribution in [2.24, 2.45) is 0 Å². The number of carbonyl (C=O) groups is 3. The predicted molar refractivity (Wildman–Crippen MR) is 69.9 cm³/mol. The summed E-state index contributed by atoms with van der Waals surface area (Å²) >= 11 is 0. The molecule has 0 aliphatic carbocycles. The molecule has 0 amide bonds. The van der Waals surface area contributed by atoms with E-state index in [4.69, 9.17) is 15.3 Å². The molecule has 3 unspecified atom stereocenters. The lowest BCUT2D eigenvalue weighted by molar-refractivity contribution is -0.150. The minimum Gasteiger partial charge on any atom is -0.481 e. The highest BCUT2D eigenvalue weighted by Gasteiger charge is 2.37. The van der Waals surface area contributed by atoms with Crippen LogP contribution in [-0.2, 0) is 14.4 Å². The van der Waals surface area contributed by atoms with Crippen molar-refractivity contribution in [3.63, 3.8) is 0 Å². The number of aliphatic carboxylic acids is 3. The maximum atomic E-state index is 11.1. The van der Waals surface area contributed by atoms with E-state index >= 15 is 0 Å². The van der Waals surface area contributed by atoms with Gasteiger partial charge in [0, 0.05) is 19.5 Å². The average Bonchev–Trinajstić information content (AvgIpc) is 2.32. The van der Waals surface area contributed by atoms with Crippen LogP contribution in [-0.4, -0.2) is 81.1 Å². The van der Waals surface area contributed by atoms with E-state index < -0.39 is 36.1 Å². The molecule has 9 heteroatoms. The molecule has 5 N–H and O–H groups in total. The summed E-state index contributed by atoms with van der Waals surface area (Å²) < 4.78 is 0. The number of rotatable bonds is 10. The Morgan fingerprint density at radius 1 is 1.24 bits per heavy atom. The van der Waals surface area contributed by atoms with Gasteiger partial charge in [0.05, 0.1) is 6.10 Å². The molecule has 1 aliphatic rings. The molecule has 1 rings (SSSR count). The maximum absolute atomic E-state index is 11.1. The van der Waals surface area contributed by atoms with Crippen LogP contribution in [0.15, 0.2) is 0 Å². The van der Waals surface area contributed by atoms with E-state index in [1.165, 1.54) is 4.90 Å². The van der Waals surface area contributed by atoms with Crippen LogP contribution in [0.5, 0.6) is 0 Å². The Morgan fingerprint density at radius 3 is 2.33 bits per heavy atom. The van der Waals surface area contributed by atoms with Crippen LogP contribution in [0.1, 0.15) is 19.3 Å². The summed E-state index contributed by atoms with van der Waals surface area (Å²) in [5, 5.41) is 38.9. The van der Waals surface area contributed by atoms with Gasteiger partial charge < -0.3 is 25.7 Å². The normalized spacial score (nSPS) is 21.3. The number of aliphatic hydroxyl groups is 1. The molecule has 0 saturated carbocycles. The summed E-state index contributed by atoms with van der Waals surface area (Å²) in [6, 6.07) is -1.94. The van der Waals surface area contributed by atoms with Gasteiger partial charge in [-0.05, 0) is 19.4 Å². The van der Waals surface area contributed by atoms with Gasteiger partial charge in [-0.15, -0.1) is 0 Å². The van der Waals surface area contributed by atoms with E-state index in [1.807, 2.05) is 0 Å². The monoisotopic (exact) mass is 304 g/mol. The predicted octanol–water partition coefficient (Wildman–Crippen LogP) is -1.59. The van der Waals surface area contributed by atoms with Gasteiger partial charge in [0.15, 0.2) is 0 Å². The maximum Gasteiger partial charge on any atom is 0.323 e. The topological polar surface area (TPSA) is 147 Å². The van der Waals surface area contributed by atoms with Crippen molar-refractivity contribution < 1.29 is 34.8 Å². The van der Waals surface area contributed by atoms with Crippen LogP contribution in [0.4, 0.5) is 0 Å². The first-order chi connectivity index (χ1) is 9.82. The van der Waals surface area contributed by atoms with E-state index in [-0.39, 0.29) is 25.9 Å². The Labute approximate surface area is 121 Å². The molecule has 0 bridgehead atoms. The lowest BCUT2D eigenvalue weighted by atomic mass is 10.0. The molecule has 120 valence electrons. The van der Waals surface area contributed by atoms with Gasteiger partial charge >= 0.3 is 17.9 Å². The van der Waals surface area contributed by atoms with Crippen LogP contribution in [0.2, 0.25) is 0 Å². The number of carboxylic acid groups (broad SMARTS) is 3. The van der Waals surface area contributed by atoms with E-state index in [2.05, 4.69) is 5.32 Å². The highest BCUT2D eigenvalue weighted by Crippen LogP contribution is 2.18. The number of hydrogen-bond donors (Lipinski definition) is 5. The van der Waals surface area contributed by atoms with Gasteiger partial charge in [-0.3, -0.25) is 19.3 Å². The van der Waals surface area contributed by atoms with Gasteiger partial charge in [-0.25, -0.2) is 0 Å². The van der Waals surface area contributed by atoms with Crippen LogP contribution in [0.3, 0.4) is 0 Å². The van der Waals surface area contributed by atoms with Crippen molar-refractivity contribution in [1.82, 2.24) is 10.2 Å². The molecule has 1 heterocycles. The lowest BCUT2D eigenvalue weighted by Crippen LogP contribution is -2.58. The van der Waals surface area contributed by atoms with E-state index in [1.54, 1.807) is 0 Å². The molecule has 1 aliphatic heterocycles. The Morgan fingerprint density at radius 2 is 1.90 bits per heavy atom. The van der Waals surface area contributed by atoms with E-state index in [0.29, 0.717) is 13.0 Å². The highest BCUT2D eigenvalue weighted by atomic mass is 16.4. The second-order valence-corrected chi connectivity index (χ2v) is 4.97. The number of nitrogens with one attached hydrogen (secondary N) is 1. The van der Waals surface area contributed by atoms with Gasteiger partial charge in [-0.2, -0.15) is 0 Å². The number of aliphatic hydroxyl groups excluding tert-OH is 1. The third kappa shape index (κ3) is 5.29. The summed E-state index contributed by atoms with van der Waals surface area (Å²) in [4.78, 5) is 33.8. The summed E-state index contributed by atoms with van der Waals surface area (Å²) in [6.45, 7) is 0.585.